The average Bonchev–Trinajstić information content (AvgIpc) is 1.80. The van der Waals surface area contributed by atoms with Crippen LogP contribution >= 0.6 is 0 Å². The van der Waals surface area contributed by atoms with Gasteiger partial charge < -0.3 is 4.74 Å². The highest BCUT2D eigenvalue weighted by Gasteiger charge is 1.91. The molecule has 0 fully saturated rings. The lowest BCUT2D eigenvalue weighted by Crippen LogP contribution is -2.02. The topological polar surface area (TPSA) is 9.23 Å². The number of rotatable bonds is 5. The third-order valence-corrected chi connectivity index (χ3v) is 1.04. The van der Waals surface area contributed by atoms with Crippen molar-refractivity contribution in [3.8, 4) is 0 Å². The Morgan fingerprint density at radius 3 is 2.67 bits per heavy atom. The van der Waals surface area contributed by atoms with Crippen LogP contribution in [0.2, 0.25) is 0 Å². The van der Waals surface area contributed by atoms with Gasteiger partial charge in [-0.1, -0.05) is 20.3 Å². The van der Waals surface area contributed by atoms with Crippen LogP contribution in [-0.2, 0) is 4.74 Å². The van der Waals surface area contributed by atoms with Crippen molar-refractivity contribution in [1.29, 1.82) is 0 Å². The summed E-state index contributed by atoms with van der Waals surface area (Å²) in [5, 5.41) is 0. The molecule has 0 saturated carbocycles. The van der Waals surface area contributed by atoms with Gasteiger partial charge in [0.1, 0.15) is 0 Å². The van der Waals surface area contributed by atoms with E-state index in [1.807, 2.05) is 0 Å². The first-order valence-electron chi connectivity index (χ1n) is 3.68. The Morgan fingerprint density at radius 2 is 2.22 bits per heavy atom. The summed E-state index contributed by atoms with van der Waals surface area (Å²) >= 11 is 0. The van der Waals surface area contributed by atoms with E-state index in [2.05, 4.69) is 20.8 Å². The van der Waals surface area contributed by atoms with Gasteiger partial charge >= 0.3 is 0 Å². The summed E-state index contributed by atoms with van der Waals surface area (Å²) in [7, 11) is 0. The first kappa shape index (κ1) is 8.96. The Hall–Kier alpha value is -0.0400. The molecule has 0 aliphatic carbocycles. The number of hydrogen-bond donors (Lipinski definition) is 0. The van der Waals surface area contributed by atoms with Gasteiger partial charge in [-0.05, 0) is 19.3 Å². The van der Waals surface area contributed by atoms with Crippen molar-refractivity contribution in [3.05, 3.63) is 6.92 Å². The molecule has 0 aliphatic rings. The molecular formula is C8H17O. The average molecular weight is 129 g/mol. The van der Waals surface area contributed by atoms with E-state index in [-0.39, 0.29) is 0 Å². The van der Waals surface area contributed by atoms with E-state index >= 15 is 0 Å². The zero-order valence-corrected chi connectivity index (χ0v) is 6.52. The van der Waals surface area contributed by atoms with E-state index in [4.69, 9.17) is 4.74 Å². The summed E-state index contributed by atoms with van der Waals surface area (Å²) in [4.78, 5) is 0. The summed E-state index contributed by atoms with van der Waals surface area (Å²) < 4.78 is 5.27. The molecule has 0 aromatic rings. The minimum absolute atomic E-state index is 0.432. The molecule has 1 heteroatoms. The molecule has 1 unspecified atom stereocenters. The molecule has 1 nitrogen and oxygen atoms in total. The Labute approximate surface area is 58.4 Å². The quantitative estimate of drug-likeness (QED) is 0.517. The lowest BCUT2D eigenvalue weighted by Gasteiger charge is -2.04. The second-order valence-corrected chi connectivity index (χ2v) is 2.53. The third-order valence-electron chi connectivity index (χ3n) is 1.04. The SMILES string of the molecule is [CH2]C(C)COCCCC. The van der Waals surface area contributed by atoms with Gasteiger partial charge in [-0.15, -0.1) is 0 Å². The Morgan fingerprint density at radius 1 is 1.56 bits per heavy atom. The van der Waals surface area contributed by atoms with Crippen molar-refractivity contribution in [2.24, 2.45) is 5.92 Å². The first-order chi connectivity index (χ1) is 4.27. The van der Waals surface area contributed by atoms with Crippen molar-refractivity contribution in [2.75, 3.05) is 13.2 Å². The molecule has 55 valence electrons. The minimum Gasteiger partial charge on any atom is -0.381 e. The van der Waals surface area contributed by atoms with Crippen LogP contribution < -0.4 is 0 Å². The summed E-state index contributed by atoms with van der Waals surface area (Å²) in [5.74, 6) is 0.432. The van der Waals surface area contributed by atoms with Gasteiger partial charge in [0.2, 0.25) is 0 Å². The fourth-order valence-corrected chi connectivity index (χ4v) is 0.531. The fraction of sp³-hybridized carbons (Fsp3) is 0.875. The molecule has 0 bridgehead atoms. The normalized spacial score (nSPS) is 10.7. The van der Waals surface area contributed by atoms with E-state index in [1.165, 1.54) is 12.8 Å². The van der Waals surface area contributed by atoms with Gasteiger partial charge in [0, 0.05) is 13.2 Å². The summed E-state index contributed by atoms with van der Waals surface area (Å²) in [6.45, 7) is 9.74. The van der Waals surface area contributed by atoms with Crippen LogP contribution in [0.5, 0.6) is 0 Å². The Bertz CT molecular complexity index is 50.5. The second kappa shape index (κ2) is 6.09. The van der Waals surface area contributed by atoms with Crippen molar-refractivity contribution in [3.63, 3.8) is 0 Å². The van der Waals surface area contributed by atoms with Gasteiger partial charge in [-0.25, -0.2) is 0 Å². The van der Waals surface area contributed by atoms with Crippen LogP contribution in [0.3, 0.4) is 0 Å². The van der Waals surface area contributed by atoms with Crippen LogP contribution in [0.1, 0.15) is 26.7 Å². The molecule has 1 radical (unpaired) electrons. The molecule has 1 atom stereocenters. The van der Waals surface area contributed by atoms with Gasteiger partial charge in [-0.2, -0.15) is 0 Å². The highest BCUT2D eigenvalue weighted by molar-refractivity contribution is 4.50. The van der Waals surface area contributed by atoms with Crippen LogP contribution in [0.25, 0.3) is 0 Å². The van der Waals surface area contributed by atoms with E-state index < -0.39 is 0 Å². The Kier molecular flexibility index (Phi) is 6.06. The molecule has 9 heavy (non-hydrogen) atoms. The molecule has 0 rings (SSSR count). The minimum atomic E-state index is 0.432. The van der Waals surface area contributed by atoms with Crippen molar-refractivity contribution >= 4 is 0 Å². The monoisotopic (exact) mass is 129 g/mol. The molecule has 0 spiro atoms. The molecule has 0 amide bonds. The van der Waals surface area contributed by atoms with Gasteiger partial charge in [-0.3, -0.25) is 0 Å². The molecular weight excluding hydrogens is 112 g/mol. The largest absolute Gasteiger partial charge is 0.381 e. The highest BCUT2D eigenvalue weighted by atomic mass is 16.5. The fourth-order valence-electron chi connectivity index (χ4n) is 0.531. The number of hydrogen-bond acceptors (Lipinski definition) is 1. The molecule has 0 N–H and O–H groups in total. The first-order valence-corrected chi connectivity index (χ1v) is 3.68. The highest BCUT2D eigenvalue weighted by Crippen LogP contribution is 1.93. The maximum Gasteiger partial charge on any atom is 0.0491 e. The molecule has 0 heterocycles. The predicted octanol–water partition coefficient (Wildman–Crippen LogP) is 2.27. The summed E-state index contributed by atoms with van der Waals surface area (Å²) in [6.07, 6.45) is 2.39. The van der Waals surface area contributed by atoms with Crippen molar-refractivity contribution < 1.29 is 4.74 Å². The van der Waals surface area contributed by atoms with E-state index in [0.29, 0.717) is 5.92 Å². The summed E-state index contributed by atoms with van der Waals surface area (Å²) in [5.41, 5.74) is 0. The molecule has 0 aromatic carbocycles. The van der Waals surface area contributed by atoms with E-state index in [9.17, 15) is 0 Å². The number of ether oxygens (including phenoxy) is 1. The molecule has 0 saturated heterocycles. The zero-order valence-electron chi connectivity index (χ0n) is 6.52. The number of unbranched alkanes of at least 4 members (excludes halogenated alkanes) is 1. The Balaban J connectivity index is 2.75. The van der Waals surface area contributed by atoms with Gasteiger partial charge in [0.25, 0.3) is 0 Å². The maximum absolute atomic E-state index is 5.27. The standard InChI is InChI=1S/C8H17O/c1-4-5-6-9-7-8(2)3/h8H,2,4-7H2,1,3H3. The van der Waals surface area contributed by atoms with Gasteiger partial charge in [0.05, 0.1) is 0 Å². The van der Waals surface area contributed by atoms with Crippen LogP contribution in [0.15, 0.2) is 0 Å². The zero-order chi connectivity index (χ0) is 7.11. The third kappa shape index (κ3) is 7.96. The second-order valence-electron chi connectivity index (χ2n) is 2.53. The van der Waals surface area contributed by atoms with Crippen LogP contribution in [0, 0.1) is 12.8 Å². The van der Waals surface area contributed by atoms with Crippen molar-refractivity contribution in [1.82, 2.24) is 0 Å². The lowest BCUT2D eigenvalue weighted by molar-refractivity contribution is 0.114. The van der Waals surface area contributed by atoms with Crippen LogP contribution in [-0.4, -0.2) is 13.2 Å². The smallest absolute Gasteiger partial charge is 0.0491 e. The van der Waals surface area contributed by atoms with E-state index in [1.54, 1.807) is 0 Å². The van der Waals surface area contributed by atoms with E-state index in [0.717, 1.165) is 13.2 Å². The van der Waals surface area contributed by atoms with Crippen LogP contribution in [0.4, 0.5) is 0 Å². The van der Waals surface area contributed by atoms with Crippen molar-refractivity contribution in [2.45, 2.75) is 26.7 Å². The van der Waals surface area contributed by atoms with Gasteiger partial charge in [0.15, 0.2) is 0 Å². The summed E-state index contributed by atoms with van der Waals surface area (Å²) in [6, 6.07) is 0. The molecule has 0 aliphatic heterocycles. The predicted molar refractivity (Wildman–Crippen MR) is 40.2 cm³/mol. The maximum atomic E-state index is 5.27. The molecule has 0 aromatic heterocycles. The lowest BCUT2D eigenvalue weighted by atomic mass is 10.2.